The van der Waals surface area contributed by atoms with Crippen molar-refractivity contribution >= 4 is 36.9 Å². The lowest BCUT2D eigenvalue weighted by Gasteiger charge is -2.37. The first kappa shape index (κ1) is 61.8. The van der Waals surface area contributed by atoms with E-state index in [9.17, 15) is 24.0 Å². The van der Waals surface area contributed by atoms with Gasteiger partial charge < -0.3 is 51.1 Å². The van der Waals surface area contributed by atoms with E-state index in [0.717, 1.165) is 50.1 Å². The van der Waals surface area contributed by atoms with Crippen molar-refractivity contribution in [2.45, 2.75) is 170 Å². The van der Waals surface area contributed by atoms with Gasteiger partial charge in [0.1, 0.15) is 11.4 Å². The van der Waals surface area contributed by atoms with Gasteiger partial charge in [-0.1, -0.05) is 90.3 Å². The summed E-state index contributed by atoms with van der Waals surface area (Å²) in [5, 5.41) is 8.33. The van der Waals surface area contributed by atoms with Crippen molar-refractivity contribution in [1.29, 1.82) is 0 Å². The van der Waals surface area contributed by atoms with Crippen LogP contribution in [0.15, 0.2) is 35.4 Å². The standard InChI is InChI=1S/C13H26N2O3.C12H23N5O3.C8H15N.C7H8.C5H10O2.C3H8/c1-6-10(3)13(11(7-2)18-5)15(4)12(17)8-14-9-16;1-8(12(19)15-6-10(13)16-14)11(20-2)9-4-3-5-17(9)7-18;1-6-7-3-4-8(5-7)9(6)2;1-7-5-3-2-4-6-7;1-5(2,3)7-4-6;1-3-2/h9-11,13H,6-8H2,1-5H3,(H,14,16);7-9,11H,3-6,14H2,1-2H3,(H2,13,16)(H,15,19);6-8H,3-5H2,1-2H3;2-6H,1H3;4H,1-3H3;3H2,1-2H3. The summed E-state index contributed by atoms with van der Waals surface area (Å²) < 4.78 is 15.5. The minimum Gasteiger partial charge on any atom is -0.462 e. The minimum atomic E-state index is -0.406. The molecule has 4 amide bonds. The number of nitrogens with one attached hydrogen (secondary N) is 2. The van der Waals surface area contributed by atoms with E-state index in [4.69, 9.17) is 21.1 Å². The second kappa shape index (κ2) is 35.0. The summed E-state index contributed by atoms with van der Waals surface area (Å²) in [6.45, 7) is 23.5. The Kier molecular flexibility index (Phi) is 33.8. The summed E-state index contributed by atoms with van der Waals surface area (Å²) in [7, 11) is 7.26. The molecule has 3 aliphatic rings. The molecule has 1 aromatic carbocycles. The smallest absolute Gasteiger partial charge is 0.293 e. The van der Waals surface area contributed by atoms with E-state index in [0.29, 0.717) is 25.3 Å². The van der Waals surface area contributed by atoms with Gasteiger partial charge in [-0.2, -0.15) is 5.10 Å². The van der Waals surface area contributed by atoms with Crippen molar-refractivity contribution in [2.75, 3.05) is 47.9 Å². The van der Waals surface area contributed by atoms with Gasteiger partial charge in [-0.25, -0.2) is 0 Å². The van der Waals surface area contributed by atoms with Gasteiger partial charge in [0.2, 0.25) is 24.6 Å². The summed E-state index contributed by atoms with van der Waals surface area (Å²) in [6.07, 6.45) is 10.3. The van der Waals surface area contributed by atoms with Crippen LogP contribution in [0.4, 0.5) is 0 Å². The molecule has 4 rings (SSSR count). The molecule has 0 aromatic heterocycles. The van der Waals surface area contributed by atoms with Crippen LogP contribution in [0.5, 0.6) is 0 Å². The zero-order valence-corrected chi connectivity index (χ0v) is 42.3. The fourth-order valence-electron chi connectivity index (χ4n) is 7.88. The number of piperidine rings is 1. The van der Waals surface area contributed by atoms with Gasteiger partial charge in [0.05, 0.1) is 43.3 Å². The maximum atomic E-state index is 12.1. The molecule has 9 unspecified atom stereocenters. The average molecular weight is 907 g/mol. The topological polar surface area (TPSA) is 211 Å². The van der Waals surface area contributed by atoms with E-state index in [1.165, 1.54) is 31.2 Å². The second-order valence-corrected chi connectivity index (χ2v) is 17.8. The molecule has 3 fully saturated rings. The number of amides is 4. The van der Waals surface area contributed by atoms with Crippen LogP contribution in [0.3, 0.4) is 0 Å². The number of nitrogens with zero attached hydrogens (tertiary/aromatic N) is 4. The average Bonchev–Trinajstić information content (AvgIpc) is 4.03. The minimum absolute atomic E-state index is 0.0186. The van der Waals surface area contributed by atoms with Gasteiger partial charge in [0, 0.05) is 39.9 Å². The Morgan fingerprint density at radius 2 is 1.59 bits per heavy atom. The highest BCUT2D eigenvalue weighted by Gasteiger charge is 2.41. The Morgan fingerprint density at radius 3 is 1.95 bits per heavy atom. The normalized spacial score (nSPS) is 20.9. The van der Waals surface area contributed by atoms with Crippen molar-refractivity contribution in [3.8, 4) is 0 Å². The molecule has 1 aliphatic carbocycles. The molecule has 64 heavy (non-hydrogen) atoms. The number of methoxy groups -OCH3 is 2. The third-order valence-electron chi connectivity index (χ3n) is 11.8. The number of likely N-dealkylation sites (tertiary alicyclic amines) is 2. The lowest BCUT2D eigenvalue weighted by Crippen LogP contribution is -2.51. The molecular weight excluding hydrogens is 817 g/mol. The fourth-order valence-corrected chi connectivity index (χ4v) is 7.88. The van der Waals surface area contributed by atoms with Gasteiger partial charge in [-0.05, 0) is 92.0 Å². The number of amidine groups is 1. The van der Waals surface area contributed by atoms with Crippen molar-refractivity contribution in [2.24, 2.45) is 34.4 Å². The third-order valence-corrected chi connectivity index (χ3v) is 11.8. The molecule has 370 valence electrons. The van der Waals surface area contributed by atoms with Crippen LogP contribution in [0.2, 0.25) is 0 Å². The SMILES string of the molecule is CC(C)(C)OC=O.CC1C2CCC(C2)N1C.CCC.CCC(C)C(C(CC)OC)N(C)C(=O)CNC=O.COC(C(C)C(=O)NC/C(N)=N/N)C1CCCN1C=O.Cc1ccccc1. The molecule has 1 aromatic rings. The van der Waals surface area contributed by atoms with Gasteiger partial charge >= 0.3 is 0 Å². The summed E-state index contributed by atoms with van der Waals surface area (Å²) in [6, 6.07) is 12.1. The molecule has 0 radical (unpaired) electrons. The number of rotatable bonds is 17. The van der Waals surface area contributed by atoms with Crippen molar-refractivity contribution in [3.63, 3.8) is 0 Å². The first-order valence-electron chi connectivity index (χ1n) is 23.1. The van der Waals surface area contributed by atoms with E-state index in [2.05, 4.69) is 86.1 Å². The zero-order valence-electron chi connectivity index (χ0n) is 42.3. The van der Waals surface area contributed by atoms with Gasteiger partial charge in [0.15, 0.2) is 0 Å². The molecular formula is C48H90N8O8. The number of hydrogen-bond donors (Lipinski definition) is 4. The lowest BCUT2D eigenvalue weighted by atomic mass is 9.91. The van der Waals surface area contributed by atoms with E-state index < -0.39 is 5.92 Å². The fraction of sp³-hybridized carbons (Fsp3) is 0.750. The number of carbonyl (C=O) groups excluding carboxylic acids is 5. The number of fused-ring (bicyclic) bond motifs is 2. The molecule has 2 bridgehead atoms. The predicted molar refractivity (Wildman–Crippen MR) is 258 cm³/mol. The Labute approximate surface area is 387 Å². The molecule has 16 nitrogen and oxygen atoms in total. The number of ether oxygens (including phenoxy) is 3. The van der Waals surface area contributed by atoms with Crippen LogP contribution in [-0.4, -0.2) is 142 Å². The molecule has 6 N–H and O–H groups in total. The lowest BCUT2D eigenvalue weighted by molar-refractivity contribution is -0.138. The Balaban J connectivity index is 0. The zero-order chi connectivity index (χ0) is 49.4. The highest BCUT2D eigenvalue weighted by molar-refractivity contribution is 5.88. The summed E-state index contributed by atoms with van der Waals surface area (Å²) >= 11 is 0. The van der Waals surface area contributed by atoms with Crippen LogP contribution in [0.1, 0.15) is 126 Å². The Hall–Kier alpha value is -4.28. The molecule has 0 spiro atoms. The van der Waals surface area contributed by atoms with E-state index in [1.807, 2.05) is 45.9 Å². The van der Waals surface area contributed by atoms with Crippen LogP contribution < -0.4 is 22.2 Å². The van der Waals surface area contributed by atoms with Gasteiger partial charge in [-0.3, -0.25) is 24.0 Å². The number of hydrogen-bond acceptors (Lipinski definition) is 11. The number of aryl methyl sites for hydroxylation is 1. The predicted octanol–water partition coefficient (Wildman–Crippen LogP) is 5.49. The van der Waals surface area contributed by atoms with Gasteiger partial charge in [-0.15, -0.1) is 0 Å². The quantitative estimate of drug-likeness (QED) is 0.0505. The molecule has 2 aliphatic heterocycles. The highest BCUT2D eigenvalue weighted by Crippen LogP contribution is 2.40. The largest absolute Gasteiger partial charge is 0.462 e. The van der Waals surface area contributed by atoms with E-state index >= 15 is 0 Å². The first-order chi connectivity index (χ1) is 30.2. The number of hydrazone groups is 1. The Morgan fingerprint density at radius 1 is 0.984 bits per heavy atom. The molecule has 16 heteroatoms. The summed E-state index contributed by atoms with van der Waals surface area (Å²) in [4.78, 5) is 60.8. The number of nitrogens with two attached hydrogens (primary N) is 2. The van der Waals surface area contributed by atoms with Crippen LogP contribution in [0.25, 0.3) is 0 Å². The monoisotopic (exact) mass is 907 g/mol. The highest BCUT2D eigenvalue weighted by atomic mass is 16.5. The summed E-state index contributed by atoms with van der Waals surface area (Å²) in [5.74, 6) is 5.83. The first-order valence-corrected chi connectivity index (χ1v) is 23.1. The number of carbonyl (C=O) groups is 5. The molecule has 2 saturated heterocycles. The molecule has 2 heterocycles. The van der Waals surface area contributed by atoms with Crippen LogP contribution in [0, 0.1) is 24.7 Å². The van der Waals surface area contributed by atoms with Crippen molar-refractivity contribution in [1.82, 2.24) is 25.3 Å². The maximum Gasteiger partial charge on any atom is 0.293 e. The number of likely N-dealkylation sites (N-methyl/N-ethyl adjacent to an activating group) is 1. The van der Waals surface area contributed by atoms with Crippen molar-refractivity contribution in [3.05, 3.63) is 35.9 Å². The van der Waals surface area contributed by atoms with Crippen LogP contribution >= 0.6 is 0 Å². The summed E-state index contributed by atoms with van der Waals surface area (Å²) in [5.41, 5.74) is 6.42. The van der Waals surface area contributed by atoms with Gasteiger partial charge in [0.25, 0.3) is 6.47 Å². The third kappa shape index (κ3) is 24.1. The van der Waals surface area contributed by atoms with Crippen LogP contribution in [-0.2, 0) is 38.2 Å². The van der Waals surface area contributed by atoms with Crippen molar-refractivity contribution < 1.29 is 38.2 Å². The second-order valence-electron chi connectivity index (χ2n) is 17.8. The Bertz CT molecular complexity index is 1410. The molecule has 9 atom stereocenters. The maximum absolute atomic E-state index is 12.1. The van der Waals surface area contributed by atoms with E-state index in [-0.39, 0.29) is 60.6 Å². The molecule has 1 saturated carbocycles. The van der Waals surface area contributed by atoms with E-state index in [1.54, 1.807) is 38.0 Å². The number of benzene rings is 1.